The molecule has 1 aromatic rings. The summed E-state index contributed by atoms with van der Waals surface area (Å²) in [7, 11) is 3.34. The molecule has 0 aromatic heterocycles. The Labute approximate surface area is 96.5 Å². The van der Waals surface area contributed by atoms with Crippen molar-refractivity contribution in [3.8, 4) is 11.5 Å². The predicted octanol–water partition coefficient (Wildman–Crippen LogP) is 2.08. The Hall–Kier alpha value is -1.22. The van der Waals surface area contributed by atoms with Gasteiger partial charge in [-0.25, -0.2) is 0 Å². The lowest BCUT2D eigenvalue weighted by Gasteiger charge is -2.21. The van der Waals surface area contributed by atoms with Crippen molar-refractivity contribution in [2.75, 3.05) is 14.2 Å². The first-order valence-electron chi connectivity index (χ1n) is 5.61. The first-order valence-corrected chi connectivity index (χ1v) is 5.61. The molecule has 1 aliphatic carbocycles. The fourth-order valence-electron chi connectivity index (χ4n) is 2.24. The van der Waals surface area contributed by atoms with E-state index in [0.717, 1.165) is 24.3 Å². The van der Waals surface area contributed by atoms with Crippen LogP contribution in [0.15, 0.2) is 18.2 Å². The summed E-state index contributed by atoms with van der Waals surface area (Å²) < 4.78 is 10.6. The van der Waals surface area contributed by atoms with Crippen LogP contribution in [0.3, 0.4) is 0 Å². The van der Waals surface area contributed by atoms with Crippen LogP contribution in [0.1, 0.15) is 25.3 Å². The second kappa shape index (κ2) is 3.98. The van der Waals surface area contributed by atoms with E-state index in [0.29, 0.717) is 0 Å². The van der Waals surface area contributed by atoms with Crippen LogP contribution in [-0.4, -0.2) is 20.3 Å². The van der Waals surface area contributed by atoms with Crippen LogP contribution in [0.2, 0.25) is 0 Å². The molecule has 0 aliphatic heterocycles. The van der Waals surface area contributed by atoms with Gasteiger partial charge in [-0.05, 0) is 37.5 Å². The van der Waals surface area contributed by atoms with Gasteiger partial charge in [0, 0.05) is 17.5 Å². The number of methoxy groups -OCH3 is 2. The lowest BCUT2D eigenvalue weighted by atomic mass is 9.89. The van der Waals surface area contributed by atoms with E-state index in [2.05, 4.69) is 19.1 Å². The number of benzene rings is 1. The quantitative estimate of drug-likeness (QED) is 0.846. The van der Waals surface area contributed by atoms with E-state index in [1.807, 2.05) is 6.07 Å². The molecule has 16 heavy (non-hydrogen) atoms. The lowest BCUT2D eigenvalue weighted by molar-refractivity contribution is 0.391. The minimum absolute atomic E-state index is 0.141. The van der Waals surface area contributed by atoms with E-state index in [1.165, 1.54) is 5.56 Å². The molecular weight excluding hydrogens is 202 g/mol. The van der Waals surface area contributed by atoms with Crippen molar-refractivity contribution in [1.82, 2.24) is 0 Å². The fourth-order valence-corrected chi connectivity index (χ4v) is 2.24. The Morgan fingerprint density at radius 1 is 1.12 bits per heavy atom. The van der Waals surface area contributed by atoms with Gasteiger partial charge in [0.15, 0.2) is 0 Å². The minimum atomic E-state index is 0.141. The first kappa shape index (κ1) is 11.3. The van der Waals surface area contributed by atoms with Gasteiger partial charge in [-0.3, -0.25) is 0 Å². The molecular formula is C13H19NO2. The molecule has 3 heteroatoms. The molecule has 0 saturated heterocycles. The monoisotopic (exact) mass is 221 g/mol. The summed E-state index contributed by atoms with van der Waals surface area (Å²) in [6, 6.07) is 6.20. The van der Waals surface area contributed by atoms with E-state index in [4.69, 9.17) is 15.2 Å². The molecule has 0 amide bonds. The van der Waals surface area contributed by atoms with Crippen LogP contribution in [0.4, 0.5) is 0 Å². The highest BCUT2D eigenvalue weighted by Gasteiger charge is 2.47. The SMILES string of the molecule is COc1cc(OC)cc(C2(C(C)N)CC2)c1. The van der Waals surface area contributed by atoms with E-state index < -0.39 is 0 Å². The van der Waals surface area contributed by atoms with Crippen molar-refractivity contribution in [2.45, 2.75) is 31.2 Å². The maximum atomic E-state index is 6.07. The number of hydrogen-bond acceptors (Lipinski definition) is 3. The van der Waals surface area contributed by atoms with Gasteiger partial charge in [0.05, 0.1) is 14.2 Å². The van der Waals surface area contributed by atoms with Crippen molar-refractivity contribution in [2.24, 2.45) is 5.73 Å². The van der Waals surface area contributed by atoms with E-state index in [9.17, 15) is 0 Å². The topological polar surface area (TPSA) is 44.5 Å². The summed E-state index contributed by atoms with van der Waals surface area (Å²) in [5, 5.41) is 0. The Balaban J connectivity index is 2.40. The maximum absolute atomic E-state index is 6.07. The van der Waals surface area contributed by atoms with Crippen molar-refractivity contribution < 1.29 is 9.47 Å². The third kappa shape index (κ3) is 1.76. The number of ether oxygens (including phenoxy) is 2. The lowest BCUT2D eigenvalue weighted by Crippen LogP contribution is -2.31. The molecule has 1 fully saturated rings. The maximum Gasteiger partial charge on any atom is 0.122 e. The zero-order valence-electron chi connectivity index (χ0n) is 10.1. The summed E-state index contributed by atoms with van der Waals surface area (Å²) in [6.07, 6.45) is 2.31. The molecule has 2 N–H and O–H groups in total. The molecule has 1 aliphatic rings. The third-order valence-electron chi connectivity index (χ3n) is 3.59. The van der Waals surface area contributed by atoms with Crippen LogP contribution in [-0.2, 0) is 5.41 Å². The van der Waals surface area contributed by atoms with Crippen LogP contribution in [0.25, 0.3) is 0 Å². The van der Waals surface area contributed by atoms with E-state index in [1.54, 1.807) is 14.2 Å². The molecule has 1 saturated carbocycles. The molecule has 0 heterocycles. The molecule has 1 unspecified atom stereocenters. The van der Waals surface area contributed by atoms with Crippen LogP contribution >= 0.6 is 0 Å². The molecule has 0 bridgehead atoms. The average Bonchev–Trinajstić information content (AvgIpc) is 3.09. The number of hydrogen-bond donors (Lipinski definition) is 1. The summed E-state index contributed by atoms with van der Waals surface area (Å²) in [6.45, 7) is 2.07. The highest BCUT2D eigenvalue weighted by Crippen LogP contribution is 2.51. The highest BCUT2D eigenvalue weighted by atomic mass is 16.5. The largest absolute Gasteiger partial charge is 0.497 e. The number of nitrogens with two attached hydrogens (primary N) is 1. The molecule has 0 spiro atoms. The summed E-state index contributed by atoms with van der Waals surface area (Å²) in [4.78, 5) is 0. The van der Waals surface area contributed by atoms with E-state index >= 15 is 0 Å². The van der Waals surface area contributed by atoms with Gasteiger partial charge < -0.3 is 15.2 Å². The zero-order chi connectivity index (χ0) is 11.8. The molecule has 3 nitrogen and oxygen atoms in total. The summed E-state index contributed by atoms with van der Waals surface area (Å²) in [5.74, 6) is 1.67. The van der Waals surface area contributed by atoms with Crippen LogP contribution < -0.4 is 15.2 Å². The van der Waals surface area contributed by atoms with Crippen molar-refractivity contribution in [3.63, 3.8) is 0 Å². The van der Waals surface area contributed by atoms with Crippen molar-refractivity contribution in [3.05, 3.63) is 23.8 Å². The van der Waals surface area contributed by atoms with Gasteiger partial charge in [-0.2, -0.15) is 0 Å². The second-order valence-corrected chi connectivity index (χ2v) is 4.55. The van der Waals surface area contributed by atoms with Crippen molar-refractivity contribution in [1.29, 1.82) is 0 Å². The fraction of sp³-hybridized carbons (Fsp3) is 0.538. The van der Waals surface area contributed by atoms with Gasteiger partial charge in [-0.15, -0.1) is 0 Å². The molecule has 1 aromatic carbocycles. The third-order valence-corrected chi connectivity index (χ3v) is 3.59. The molecule has 2 rings (SSSR count). The zero-order valence-corrected chi connectivity index (χ0v) is 10.1. The van der Waals surface area contributed by atoms with Crippen molar-refractivity contribution >= 4 is 0 Å². The Kier molecular flexibility index (Phi) is 2.80. The van der Waals surface area contributed by atoms with Gasteiger partial charge in [0.1, 0.15) is 11.5 Å². The average molecular weight is 221 g/mol. The molecule has 0 radical (unpaired) electrons. The van der Waals surface area contributed by atoms with Crippen LogP contribution in [0, 0.1) is 0 Å². The van der Waals surface area contributed by atoms with Gasteiger partial charge in [-0.1, -0.05) is 0 Å². The first-order chi connectivity index (χ1) is 7.62. The second-order valence-electron chi connectivity index (χ2n) is 4.55. The summed E-state index contributed by atoms with van der Waals surface area (Å²) in [5.41, 5.74) is 7.44. The Morgan fingerprint density at radius 2 is 1.62 bits per heavy atom. The Morgan fingerprint density at radius 3 is 1.94 bits per heavy atom. The van der Waals surface area contributed by atoms with Crippen LogP contribution in [0.5, 0.6) is 11.5 Å². The van der Waals surface area contributed by atoms with Gasteiger partial charge in [0.25, 0.3) is 0 Å². The minimum Gasteiger partial charge on any atom is -0.497 e. The number of rotatable bonds is 4. The highest BCUT2D eigenvalue weighted by molar-refractivity contribution is 5.45. The normalized spacial score (nSPS) is 19.0. The Bertz CT molecular complexity index is 361. The molecule has 88 valence electrons. The van der Waals surface area contributed by atoms with E-state index in [-0.39, 0.29) is 11.5 Å². The smallest absolute Gasteiger partial charge is 0.122 e. The summed E-state index contributed by atoms with van der Waals surface area (Å²) >= 11 is 0. The van der Waals surface area contributed by atoms with Gasteiger partial charge in [0.2, 0.25) is 0 Å². The predicted molar refractivity (Wildman–Crippen MR) is 64.1 cm³/mol. The standard InChI is InChI=1S/C13H19NO2/c1-9(14)13(4-5-13)10-6-11(15-2)8-12(7-10)16-3/h6-9H,4-5,14H2,1-3H3. The molecule has 1 atom stereocenters. The van der Waals surface area contributed by atoms with Gasteiger partial charge >= 0.3 is 0 Å².